The lowest BCUT2D eigenvalue weighted by Gasteiger charge is -2.06. The van der Waals surface area contributed by atoms with Crippen molar-refractivity contribution in [2.75, 3.05) is 12.4 Å². The highest BCUT2D eigenvalue weighted by Gasteiger charge is 2.16. The molecule has 0 saturated carbocycles. The number of aromatic amines is 1. The summed E-state index contributed by atoms with van der Waals surface area (Å²) in [6.07, 6.45) is 0. The predicted molar refractivity (Wildman–Crippen MR) is 110 cm³/mol. The summed E-state index contributed by atoms with van der Waals surface area (Å²) >= 11 is 0. The molecule has 1 heterocycles. The largest absolute Gasteiger partial charge is 0.497 e. The number of H-pyrrole nitrogens is 1. The third-order valence-corrected chi connectivity index (χ3v) is 4.40. The van der Waals surface area contributed by atoms with E-state index in [1.807, 2.05) is 60.7 Å². The van der Waals surface area contributed by atoms with Crippen molar-refractivity contribution in [1.29, 1.82) is 0 Å². The standard InChI is InChI=1S/C23H19N3O2/c1-28-19-14-12-18(13-15-19)23(27)26-22-20(16-8-4-2-5-9-16)24-21(25-22)17-10-6-3-7-11-17/h2-15H,1H3,(H,24,25)(H,26,27). The van der Waals surface area contributed by atoms with Gasteiger partial charge in [-0.3, -0.25) is 4.79 Å². The van der Waals surface area contributed by atoms with Crippen molar-refractivity contribution in [3.05, 3.63) is 90.5 Å². The first kappa shape index (κ1) is 17.5. The molecule has 3 aromatic carbocycles. The van der Waals surface area contributed by atoms with Crippen LogP contribution in [0.4, 0.5) is 5.82 Å². The summed E-state index contributed by atoms with van der Waals surface area (Å²) in [4.78, 5) is 20.7. The smallest absolute Gasteiger partial charge is 0.256 e. The van der Waals surface area contributed by atoms with E-state index in [0.717, 1.165) is 16.8 Å². The molecule has 5 heteroatoms. The Balaban J connectivity index is 1.70. The Morgan fingerprint density at radius 3 is 2.07 bits per heavy atom. The van der Waals surface area contributed by atoms with E-state index in [1.165, 1.54) is 0 Å². The van der Waals surface area contributed by atoms with Crippen molar-refractivity contribution >= 4 is 11.7 Å². The normalized spacial score (nSPS) is 10.5. The van der Waals surface area contributed by atoms with Crippen molar-refractivity contribution < 1.29 is 9.53 Å². The number of hydrogen-bond acceptors (Lipinski definition) is 3. The lowest BCUT2D eigenvalue weighted by molar-refractivity contribution is 0.102. The number of hydrogen-bond donors (Lipinski definition) is 2. The number of methoxy groups -OCH3 is 1. The molecule has 0 unspecified atom stereocenters. The second-order valence-corrected chi connectivity index (χ2v) is 6.22. The Morgan fingerprint density at radius 1 is 0.857 bits per heavy atom. The highest BCUT2D eigenvalue weighted by Crippen LogP contribution is 2.29. The summed E-state index contributed by atoms with van der Waals surface area (Å²) in [7, 11) is 1.59. The summed E-state index contributed by atoms with van der Waals surface area (Å²) in [5.74, 6) is 1.66. The summed E-state index contributed by atoms with van der Waals surface area (Å²) in [6, 6.07) is 26.6. The molecule has 1 aromatic heterocycles. The molecule has 0 atom stereocenters. The van der Waals surface area contributed by atoms with Crippen LogP contribution in [-0.4, -0.2) is 23.0 Å². The van der Waals surface area contributed by atoms with E-state index in [4.69, 9.17) is 4.74 Å². The van der Waals surface area contributed by atoms with Gasteiger partial charge in [0, 0.05) is 16.7 Å². The van der Waals surface area contributed by atoms with E-state index in [-0.39, 0.29) is 5.91 Å². The number of anilines is 1. The van der Waals surface area contributed by atoms with Crippen molar-refractivity contribution in [1.82, 2.24) is 9.97 Å². The van der Waals surface area contributed by atoms with E-state index in [9.17, 15) is 4.79 Å². The maximum absolute atomic E-state index is 12.7. The van der Waals surface area contributed by atoms with Gasteiger partial charge in [0.25, 0.3) is 5.91 Å². The quantitative estimate of drug-likeness (QED) is 0.520. The second-order valence-electron chi connectivity index (χ2n) is 6.22. The minimum absolute atomic E-state index is 0.231. The van der Waals surface area contributed by atoms with Crippen LogP contribution in [0, 0.1) is 0 Å². The minimum Gasteiger partial charge on any atom is -0.497 e. The average Bonchev–Trinajstić information content (AvgIpc) is 3.19. The molecule has 0 fully saturated rings. The van der Waals surface area contributed by atoms with Crippen LogP contribution in [0.15, 0.2) is 84.9 Å². The van der Waals surface area contributed by atoms with Gasteiger partial charge in [-0.15, -0.1) is 0 Å². The summed E-state index contributed by atoms with van der Waals surface area (Å²) in [5.41, 5.74) is 3.19. The Hall–Kier alpha value is -3.86. The molecule has 0 aliphatic rings. The van der Waals surface area contributed by atoms with E-state index in [1.54, 1.807) is 31.4 Å². The molecule has 2 N–H and O–H groups in total. The van der Waals surface area contributed by atoms with Crippen LogP contribution in [0.2, 0.25) is 0 Å². The first-order valence-corrected chi connectivity index (χ1v) is 8.91. The molecule has 0 aliphatic carbocycles. The zero-order valence-corrected chi connectivity index (χ0v) is 15.3. The number of imidazole rings is 1. The molecule has 4 aromatic rings. The molecule has 0 saturated heterocycles. The minimum atomic E-state index is -0.231. The number of carbonyl (C=O) groups is 1. The number of amides is 1. The topological polar surface area (TPSA) is 67.0 Å². The zero-order valence-electron chi connectivity index (χ0n) is 15.3. The van der Waals surface area contributed by atoms with Crippen LogP contribution >= 0.6 is 0 Å². The number of aromatic nitrogens is 2. The Labute approximate surface area is 163 Å². The molecular formula is C23H19N3O2. The predicted octanol–water partition coefficient (Wildman–Crippen LogP) is 5.00. The van der Waals surface area contributed by atoms with Gasteiger partial charge in [-0.2, -0.15) is 0 Å². The van der Waals surface area contributed by atoms with Gasteiger partial charge in [0.15, 0.2) is 5.82 Å². The third-order valence-electron chi connectivity index (χ3n) is 4.40. The van der Waals surface area contributed by atoms with Crippen LogP contribution in [0.3, 0.4) is 0 Å². The van der Waals surface area contributed by atoms with Gasteiger partial charge in [0.05, 0.1) is 12.8 Å². The van der Waals surface area contributed by atoms with Crippen LogP contribution in [0.1, 0.15) is 10.4 Å². The lowest BCUT2D eigenvalue weighted by atomic mass is 10.1. The monoisotopic (exact) mass is 369 g/mol. The molecule has 4 rings (SSSR count). The van der Waals surface area contributed by atoms with E-state index >= 15 is 0 Å². The maximum Gasteiger partial charge on any atom is 0.256 e. The van der Waals surface area contributed by atoms with Crippen molar-refractivity contribution in [3.63, 3.8) is 0 Å². The fourth-order valence-electron chi connectivity index (χ4n) is 2.93. The van der Waals surface area contributed by atoms with E-state index < -0.39 is 0 Å². The summed E-state index contributed by atoms with van der Waals surface area (Å²) in [5, 5.41) is 2.93. The van der Waals surface area contributed by atoms with Crippen molar-refractivity contribution in [2.24, 2.45) is 0 Å². The zero-order chi connectivity index (χ0) is 19.3. The fourth-order valence-corrected chi connectivity index (χ4v) is 2.93. The van der Waals surface area contributed by atoms with Crippen LogP contribution in [0.25, 0.3) is 22.6 Å². The summed E-state index contributed by atoms with van der Waals surface area (Å²) < 4.78 is 5.15. The number of nitrogens with one attached hydrogen (secondary N) is 2. The van der Waals surface area contributed by atoms with Gasteiger partial charge in [0.1, 0.15) is 11.6 Å². The summed E-state index contributed by atoms with van der Waals surface area (Å²) in [6.45, 7) is 0. The van der Waals surface area contributed by atoms with Crippen molar-refractivity contribution in [2.45, 2.75) is 0 Å². The van der Waals surface area contributed by atoms with E-state index in [0.29, 0.717) is 23.0 Å². The highest BCUT2D eigenvalue weighted by atomic mass is 16.5. The van der Waals surface area contributed by atoms with Gasteiger partial charge in [-0.05, 0) is 24.3 Å². The van der Waals surface area contributed by atoms with Gasteiger partial charge >= 0.3 is 0 Å². The Bertz CT molecular complexity index is 1070. The molecule has 0 bridgehead atoms. The van der Waals surface area contributed by atoms with Gasteiger partial charge in [-0.25, -0.2) is 4.98 Å². The van der Waals surface area contributed by atoms with Crippen molar-refractivity contribution in [3.8, 4) is 28.4 Å². The molecule has 0 aliphatic heterocycles. The van der Waals surface area contributed by atoms with Crippen LogP contribution < -0.4 is 10.1 Å². The number of benzene rings is 3. The highest BCUT2D eigenvalue weighted by molar-refractivity contribution is 6.05. The van der Waals surface area contributed by atoms with Gasteiger partial charge in [-0.1, -0.05) is 60.7 Å². The number of nitrogens with zero attached hydrogens (tertiary/aromatic N) is 1. The molecule has 138 valence electrons. The Kier molecular flexibility index (Phi) is 4.89. The number of ether oxygens (including phenoxy) is 1. The maximum atomic E-state index is 12.7. The fraction of sp³-hybridized carbons (Fsp3) is 0.0435. The first-order chi connectivity index (χ1) is 13.7. The molecule has 0 radical (unpaired) electrons. The number of carbonyl (C=O) groups excluding carboxylic acids is 1. The third kappa shape index (κ3) is 3.64. The van der Waals surface area contributed by atoms with Crippen LogP contribution in [-0.2, 0) is 0 Å². The van der Waals surface area contributed by atoms with Gasteiger partial charge < -0.3 is 15.0 Å². The molecule has 1 amide bonds. The Morgan fingerprint density at radius 2 is 1.46 bits per heavy atom. The van der Waals surface area contributed by atoms with E-state index in [2.05, 4.69) is 15.3 Å². The number of rotatable bonds is 5. The molecular weight excluding hydrogens is 350 g/mol. The average molecular weight is 369 g/mol. The lowest BCUT2D eigenvalue weighted by Crippen LogP contribution is -2.12. The molecule has 28 heavy (non-hydrogen) atoms. The first-order valence-electron chi connectivity index (χ1n) is 8.91. The second kappa shape index (κ2) is 7.80. The molecule has 0 spiro atoms. The van der Waals surface area contributed by atoms with Gasteiger partial charge in [0.2, 0.25) is 0 Å². The molecule has 5 nitrogen and oxygen atoms in total. The van der Waals surface area contributed by atoms with Crippen LogP contribution in [0.5, 0.6) is 5.75 Å². The SMILES string of the molecule is COc1ccc(C(=O)Nc2nc(-c3ccccc3)[nH]c2-c2ccccc2)cc1.